The normalized spacial score (nSPS) is 14.1. The van der Waals surface area contributed by atoms with E-state index < -0.39 is 17.4 Å². The Hall–Kier alpha value is -3.95. The first-order valence-corrected chi connectivity index (χ1v) is 10.5. The van der Waals surface area contributed by atoms with Gasteiger partial charge in [-0.25, -0.2) is 4.39 Å². The maximum absolute atomic E-state index is 15.6. The zero-order valence-corrected chi connectivity index (χ0v) is 18.7. The fourth-order valence-corrected chi connectivity index (χ4v) is 3.47. The van der Waals surface area contributed by atoms with Crippen molar-refractivity contribution in [3.05, 3.63) is 76.8 Å². The van der Waals surface area contributed by atoms with Crippen LogP contribution in [-0.2, 0) is 12.2 Å². The van der Waals surface area contributed by atoms with Crippen LogP contribution in [0.5, 0.6) is 0 Å². The molecule has 0 fully saturated rings. The highest BCUT2D eigenvalue weighted by Gasteiger charge is 2.40. The highest BCUT2D eigenvalue weighted by molar-refractivity contribution is 5.96. The van der Waals surface area contributed by atoms with Crippen LogP contribution in [0, 0.1) is 25.6 Å². The molecule has 33 heavy (non-hydrogen) atoms. The van der Waals surface area contributed by atoms with Crippen molar-refractivity contribution >= 4 is 5.91 Å². The van der Waals surface area contributed by atoms with E-state index in [0.717, 1.165) is 11.3 Å². The van der Waals surface area contributed by atoms with Gasteiger partial charge in [0.05, 0.1) is 35.4 Å². The first-order chi connectivity index (χ1) is 15.8. The van der Waals surface area contributed by atoms with Crippen molar-refractivity contribution in [3.8, 4) is 11.3 Å². The average Bonchev–Trinajstić information content (AvgIpc) is 3.31. The molecule has 1 N–H and O–H groups in total. The van der Waals surface area contributed by atoms with Gasteiger partial charge in [0.15, 0.2) is 0 Å². The largest absolute Gasteiger partial charge is 0.346 e. The number of carbonyl (C=O) groups excluding carboxylic acids is 1. The van der Waals surface area contributed by atoms with Gasteiger partial charge >= 0.3 is 0 Å². The number of aryl methyl sites for hydroxylation is 2. The van der Waals surface area contributed by atoms with Crippen LogP contribution in [0.15, 0.2) is 63.5 Å². The molecule has 1 aliphatic rings. The smallest absolute Gasteiger partial charge is 0.254 e. The van der Waals surface area contributed by atoms with Gasteiger partial charge in [0.1, 0.15) is 5.82 Å². The highest BCUT2D eigenvalue weighted by Crippen LogP contribution is 2.41. The minimum atomic E-state index is -1.15. The van der Waals surface area contributed by atoms with E-state index in [1.54, 1.807) is 30.7 Å². The number of aromatic nitrogens is 3. The second kappa shape index (κ2) is 8.89. The molecule has 3 heterocycles. The number of benzene rings is 1. The first kappa shape index (κ1) is 22.3. The Labute approximate surface area is 190 Å². The maximum atomic E-state index is 15.6. The van der Waals surface area contributed by atoms with E-state index >= 15 is 4.39 Å². The van der Waals surface area contributed by atoms with Crippen molar-refractivity contribution in [2.75, 3.05) is 0 Å². The molecule has 1 amide bonds. The predicted octanol–water partition coefficient (Wildman–Crippen LogP) is 4.87. The molecule has 10 heteroatoms. The minimum Gasteiger partial charge on any atom is -0.346 e. The Morgan fingerprint density at radius 2 is 1.79 bits per heavy atom. The molecular formula is C23H23FN8O. The van der Waals surface area contributed by atoms with Crippen molar-refractivity contribution < 1.29 is 9.18 Å². The number of nitrogens with one attached hydrogen (secondary N) is 1. The van der Waals surface area contributed by atoms with Crippen molar-refractivity contribution in [2.45, 2.75) is 39.9 Å². The fourth-order valence-electron chi connectivity index (χ4n) is 3.47. The van der Waals surface area contributed by atoms with Gasteiger partial charge < -0.3 is 5.32 Å². The monoisotopic (exact) mass is 446 g/mol. The van der Waals surface area contributed by atoms with Crippen LogP contribution in [0.1, 0.15) is 46.7 Å². The van der Waals surface area contributed by atoms with E-state index in [4.69, 9.17) is 0 Å². The average molecular weight is 446 g/mol. The molecule has 0 bridgehead atoms. The van der Waals surface area contributed by atoms with Gasteiger partial charge in [0.25, 0.3) is 5.91 Å². The molecule has 0 spiro atoms. The number of hydrogen-bond donors (Lipinski definition) is 1. The predicted molar refractivity (Wildman–Crippen MR) is 119 cm³/mol. The SMILES string of the molecule is Cc1ccc(-c2cc(C3(C(C)C)N=NN=N3)cc(C(=O)NCc3cnc(C)cn3)c2F)nc1. The molecule has 168 valence electrons. The summed E-state index contributed by atoms with van der Waals surface area (Å²) in [5.41, 5.74) is 2.02. The van der Waals surface area contributed by atoms with Crippen LogP contribution in [0.3, 0.4) is 0 Å². The second-order valence-corrected chi connectivity index (χ2v) is 8.20. The Morgan fingerprint density at radius 1 is 1.03 bits per heavy atom. The van der Waals surface area contributed by atoms with Gasteiger partial charge in [-0.05, 0) is 48.1 Å². The highest BCUT2D eigenvalue weighted by atomic mass is 19.1. The molecule has 2 aromatic heterocycles. The van der Waals surface area contributed by atoms with E-state index in [9.17, 15) is 4.79 Å². The third-order valence-electron chi connectivity index (χ3n) is 5.43. The summed E-state index contributed by atoms with van der Waals surface area (Å²) in [6.45, 7) is 7.63. The van der Waals surface area contributed by atoms with E-state index in [0.29, 0.717) is 17.0 Å². The third kappa shape index (κ3) is 4.36. The van der Waals surface area contributed by atoms with E-state index in [2.05, 4.69) is 40.9 Å². The van der Waals surface area contributed by atoms with Gasteiger partial charge in [-0.3, -0.25) is 19.7 Å². The molecule has 0 unspecified atom stereocenters. The molecule has 9 nitrogen and oxygen atoms in total. The number of halogens is 1. The van der Waals surface area contributed by atoms with Crippen LogP contribution < -0.4 is 5.32 Å². The lowest BCUT2D eigenvalue weighted by atomic mass is 9.86. The molecule has 0 saturated heterocycles. The lowest BCUT2D eigenvalue weighted by molar-refractivity contribution is 0.0946. The number of pyridine rings is 1. The Kier molecular flexibility index (Phi) is 5.99. The molecule has 0 radical (unpaired) electrons. The van der Waals surface area contributed by atoms with Gasteiger partial charge in [-0.1, -0.05) is 19.9 Å². The van der Waals surface area contributed by atoms with Gasteiger partial charge in [0, 0.05) is 29.4 Å². The van der Waals surface area contributed by atoms with Crippen LogP contribution in [0.25, 0.3) is 11.3 Å². The van der Waals surface area contributed by atoms with Crippen LogP contribution >= 0.6 is 0 Å². The zero-order valence-electron chi connectivity index (χ0n) is 18.7. The summed E-state index contributed by atoms with van der Waals surface area (Å²) in [6.07, 6.45) is 4.81. The second-order valence-electron chi connectivity index (χ2n) is 8.20. The van der Waals surface area contributed by atoms with Crippen molar-refractivity contribution in [2.24, 2.45) is 26.6 Å². The standard InChI is InChI=1S/C23H23FN8O/c1-13(2)23(29-31-32-30-23)16-7-18(20-6-5-14(3)9-27-20)21(24)19(8-16)22(33)28-12-17-11-25-15(4)10-26-17/h5-11,13H,12H2,1-4H3,(H,28,33). The molecule has 1 aliphatic heterocycles. The Morgan fingerprint density at radius 3 is 2.39 bits per heavy atom. The molecule has 0 aliphatic carbocycles. The zero-order chi connectivity index (χ0) is 23.6. The summed E-state index contributed by atoms with van der Waals surface area (Å²) >= 11 is 0. The van der Waals surface area contributed by atoms with E-state index in [1.165, 1.54) is 6.07 Å². The van der Waals surface area contributed by atoms with Gasteiger partial charge in [-0.15, -0.1) is 10.2 Å². The fraction of sp³-hybridized carbons (Fsp3) is 0.304. The van der Waals surface area contributed by atoms with Crippen LogP contribution in [0.4, 0.5) is 4.39 Å². The van der Waals surface area contributed by atoms with Crippen molar-refractivity contribution in [1.29, 1.82) is 0 Å². The molecule has 0 saturated carbocycles. The number of amides is 1. The summed E-state index contributed by atoms with van der Waals surface area (Å²) in [4.78, 5) is 25.8. The number of nitrogens with zero attached hydrogens (tertiary/aromatic N) is 7. The summed E-state index contributed by atoms with van der Waals surface area (Å²) < 4.78 is 15.6. The molecule has 3 aromatic rings. The Bertz CT molecular complexity index is 1220. The number of hydrogen-bond acceptors (Lipinski definition) is 8. The van der Waals surface area contributed by atoms with E-state index in [-0.39, 0.29) is 23.6 Å². The van der Waals surface area contributed by atoms with Crippen LogP contribution in [-0.4, -0.2) is 20.9 Å². The summed E-state index contributed by atoms with van der Waals surface area (Å²) in [6, 6.07) is 6.60. The van der Waals surface area contributed by atoms with Crippen molar-refractivity contribution in [1.82, 2.24) is 20.3 Å². The van der Waals surface area contributed by atoms with Crippen LogP contribution in [0.2, 0.25) is 0 Å². The topological polar surface area (TPSA) is 117 Å². The lowest BCUT2D eigenvalue weighted by Gasteiger charge is -2.25. The summed E-state index contributed by atoms with van der Waals surface area (Å²) in [5.74, 6) is -1.43. The summed E-state index contributed by atoms with van der Waals surface area (Å²) in [7, 11) is 0. The minimum absolute atomic E-state index is 0.0998. The number of rotatable bonds is 6. The molecule has 4 rings (SSSR count). The van der Waals surface area contributed by atoms with Gasteiger partial charge in [-0.2, -0.15) is 0 Å². The third-order valence-corrected chi connectivity index (χ3v) is 5.43. The van der Waals surface area contributed by atoms with Crippen molar-refractivity contribution in [3.63, 3.8) is 0 Å². The first-order valence-electron chi connectivity index (χ1n) is 10.5. The quantitative estimate of drug-likeness (QED) is 0.581. The molecule has 0 atom stereocenters. The number of carbonyl (C=O) groups is 1. The summed E-state index contributed by atoms with van der Waals surface area (Å²) in [5, 5.41) is 18.5. The van der Waals surface area contributed by atoms with E-state index in [1.807, 2.05) is 33.8 Å². The van der Waals surface area contributed by atoms with Gasteiger partial charge in [0.2, 0.25) is 5.66 Å². The molecule has 1 aromatic carbocycles. The lowest BCUT2D eigenvalue weighted by Crippen LogP contribution is -2.29. The maximum Gasteiger partial charge on any atom is 0.254 e. The molecular weight excluding hydrogens is 423 g/mol. The Balaban J connectivity index is 1.78.